The zero-order valence-corrected chi connectivity index (χ0v) is 13.5. The van der Waals surface area contributed by atoms with E-state index in [-0.39, 0.29) is 23.8 Å². The van der Waals surface area contributed by atoms with Gasteiger partial charge in [0.05, 0.1) is 12.0 Å². The van der Waals surface area contributed by atoms with Crippen LogP contribution in [0.1, 0.15) is 45.4 Å². The van der Waals surface area contributed by atoms with Crippen LogP contribution in [0.4, 0.5) is 0 Å². The molecule has 6 heteroatoms. The second-order valence-electron chi connectivity index (χ2n) is 5.99. The summed E-state index contributed by atoms with van der Waals surface area (Å²) < 4.78 is 4.40. The van der Waals surface area contributed by atoms with Crippen LogP contribution in [0.2, 0.25) is 0 Å². The van der Waals surface area contributed by atoms with Gasteiger partial charge in [-0.2, -0.15) is 0 Å². The maximum atomic E-state index is 12.1. The zero-order valence-electron chi connectivity index (χ0n) is 13.5. The van der Waals surface area contributed by atoms with Gasteiger partial charge >= 0.3 is 8.05 Å². The normalized spacial score (nSPS) is 20.2. The van der Waals surface area contributed by atoms with E-state index in [4.69, 9.17) is 8.05 Å². The molecule has 21 heavy (non-hydrogen) atoms. The predicted molar refractivity (Wildman–Crippen MR) is 82.8 cm³/mol. The van der Waals surface area contributed by atoms with Crippen LogP contribution in [0.3, 0.4) is 0 Å². The molecule has 0 aromatic carbocycles. The maximum Gasteiger partial charge on any atom is 0.378 e. The van der Waals surface area contributed by atoms with Crippen molar-refractivity contribution >= 4 is 19.9 Å². The van der Waals surface area contributed by atoms with Crippen LogP contribution in [-0.4, -0.2) is 63.0 Å². The average Bonchev–Trinajstić information content (AvgIpc) is 2.94. The highest BCUT2D eigenvalue weighted by atomic mass is 16.5. The Morgan fingerprint density at radius 1 is 1.38 bits per heavy atom. The van der Waals surface area contributed by atoms with Gasteiger partial charge in [0.25, 0.3) is 5.97 Å². The molecule has 0 saturated carbocycles. The number of carbonyl (C=O) groups excluding carboxylic acids is 2. The van der Waals surface area contributed by atoms with Crippen molar-refractivity contribution in [2.24, 2.45) is 5.92 Å². The number of unbranched alkanes of at least 4 members (excludes halogenated alkanes) is 1. The molecule has 1 rings (SSSR count). The second kappa shape index (κ2) is 9.08. The van der Waals surface area contributed by atoms with Gasteiger partial charge in [0.15, 0.2) is 0 Å². The molecule has 1 unspecified atom stereocenters. The number of rotatable bonds is 8. The number of carbonyl (C=O) groups is 2. The van der Waals surface area contributed by atoms with E-state index >= 15 is 0 Å². The predicted octanol–water partition coefficient (Wildman–Crippen LogP) is 1.36. The first-order valence-electron chi connectivity index (χ1n) is 7.87. The van der Waals surface area contributed by atoms with Gasteiger partial charge in [0.1, 0.15) is 0 Å². The molecule has 2 atom stereocenters. The molecule has 5 nitrogen and oxygen atoms in total. The molecule has 118 valence electrons. The fraction of sp³-hybridized carbons (Fsp3) is 0.867. The second-order valence-corrected chi connectivity index (χ2v) is 5.99. The summed E-state index contributed by atoms with van der Waals surface area (Å²) >= 11 is 0. The third kappa shape index (κ3) is 5.34. The van der Waals surface area contributed by atoms with Gasteiger partial charge in [-0.1, -0.05) is 19.8 Å². The standard InChI is InChI=1S/C15H27BN2O3/c1-4-5-7-12(15(20)21-16)9-11-18-10-6-8-13(18)14(19)17(2)3/h12-13H,4-11H2,1-3H3/t12?,13-/m0/s1. The Bertz CT molecular complexity index is 350. The van der Waals surface area contributed by atoms with Crippen LogP contribution in [0.5, 0.6) is 0 Å². The van der Waals surface area contributed by atoms with Crippen molar-refractivity contribution < 1.29 is 14.2 Å². The molecule has 0 aliphatic carbocycles. The van der Waals surface area contributed by atoms with E-state index in [1.807, 2.05) is 0 Å². The van der Waals surface area contributed by atoms with Crippen molar-refractivity contribution in [3.8, 4) is 0 Å². The van der Waals surface area contributed by atoms with Crippen LogP contribution in [0, 0.1) is 5.92 Å². The summed E-state index contributed by atoms with van der Waals surface area (Å²) in [5, 5.41) is 0. The first-order chi connectivity index (χ1) is 10.0. The molecule has 1 saturated heterocycles. The lowest BCUT2D eigenvalue weighted by Crippen LogP contribution is -2.43. The molecule has 0 aromatic heterocycles. The van der Waals surface area contributed by atoms with Gasteiger partial charge in [-0.25, -0.2) is 0 Å². The number of likely N-dealkylation sites (tertiary alicyclic amines) is 1. The monoisotopic (exact) mass is 294 g/mol. The van der Waals surface area contributed by atoms with Crippen molar-refractivity contribution in [2.45, 2.75) is 51.5 Å². The Morgan fingerprint density at radius 3 is 2.67 bits per heavy atom. The molecule has 0 aromatic rings. The minimum atomic E-state index is -0.335. The van der Waals surface area contributed by atoms with E-state index in [2.05, 4.69) is 16.5 Å². The molecule has 0 bridgehead atoms. The molecule has 2 radical (unpaired) electrons. The fourth-order valence-corrected chi connectivity index (χ4v) is 2.92. The summed E-state index contributed by atoms with van der Waals surface area (Å²) in [5.74, 6) is -0.345. The third-order valence-electron chi connectivity index (χ3n) is 4.21. The lowest BCUT2D eigenvalue weighted by Gasteiger charge is -2.27. The van der Waals surface area contributed by atoms with Gasteiger partial charge in [-0.15, -0.1) is 0 Å². The summed E-state index contributed by atoms with van der Waals surface area (Å²) in [7, 11) is 8.59. The van der Waals surface area contributed by atoms with E-state index in [0.717, 1.165) is 45.2 Å². The minimum absolute atomic E-state index is 0.0410. The molecule has 0 spiro atoms. The average molecular weight is 294 g/mol. The topological polar surface area (TPSA) is 49.9 Å². The smallest absolute Gasteiger partial charge is 0.378 e. The molecule has 1 fully saturated rings. The molecule has 1 aliphatic heterocycles. The molecule has 1 aliphatic rings. The minimum Gasteiger partial charge on any atom is -0.543 e. The summed E-state index contributed by atoms with van der Waals surface area (Å²) in [6.07, 6.45) is 5.46. The summed E-state index contributed by atoms with van der Waals surface area (Å²) in [5.41, 5.74) is 0. The molecule has 1 amide bonds. The quantitative estimate of drug-likeness (QED) is 0.634. The highest BCUT2D eigenvalue weighted by molar-refractivity contribution is 6.05. The SMILES string of the molecule is [B]OC(=O)C(CCCC)CCN1CCC[C@H]1C(=O)N(C)C. The van der Waals surface area contributed by atoms with Crippen LogP contribution >= 0.6 is 0 Å². The van der Waals surface area contributed by atoms with Gasteiger partial charge < -0.3 is 9.55 Å². The fourth-order valence-electron chi connectivity index (χ4n) is 2.92. The van der Waals surface area contributed by atoms with Crippen molar-refractivity contribution in [3.63, 3.8) is 0 Å². The Kier molecular flexibility index (Phi) is 7.79. The van der Waals surface area contributed by atoms with Gasteiger partial charge in [-0.3, -0.25) is 14.5 Å². The van der Waals surface area contributed by atoms with E-state index in [1.165, 1.54) is 0 Å². The van der Waals surface area contributed by atoms with Crippen molar-refractivity contribution in [1.82, 2.24) is 9.80 Å². The molecule has 0 N–H and O–H groups in total. The van der Waals surface area contributed by atoms with E-state index < -0.39 is 0 Å². The summed E-state index contributed by atoms with van der Waals surface area (Å²) in [6.45, 7) is 3.76. The summed E-state index contributed by atoms with van der Waals surface area (Å²) in [4.78, 5) is 27.7. The van der Waals surface area contributed by atoms with E-state index in [0.29, 0.717) is 6.42 Å². The van der Waals surface area contributed by atoms with Crippen LogP contribution in [-0.2, 0) is 14.2 Å². The molecular weight excluding hydrogens is 267 g/mol. The number of amides is 1. The number of hydrogen-bond donors (Lipinski definition) is 0. The van der Waals surface area contributed by atoms with Crippen LogP contribution in [0.25, 0.3) is 0 Å². The first kappa shape index (κ1) is 18.0. The van der Waals surface area contributed by atoms with Gasteiger partial charge in [0, 0.05) is 14.1 Å². The first-order valence-corrected chi connectivity index (χ1v) is 7.87. The highest BCUT2D eigenvalue weighted by Crippen LogP contribution is 2.22. The van der Waals surface area contributed by atoms with Crippen LogP contribution in [0.15, 0.2) is 0 Å². The number of nitrogens with zero attached hydrogens (tertiary/aromatic N) is 2. The number of hydrogen-bond acceptors (Lipinski definition) is 4. The van der Waals surface area contributed by atoms with Crippen molar-refractivity contribution in [3.05, 3.63) is 0 Å². The van der Waals surface area contributed by atoms with E-state index in [1.54, 1.807) is 19.0 Å². The van der Waals surface area contributed by atoms with Gasteiger partial charge in [0.2, 0.25) is 5.91 Å². The van der Waals surface area contributed by atoms with Crippen LogP contribution < -0.4 is 0 Å². The maximum absolute atomic E-state index is 12.1. The molecule has 1 heterocycles. The Morgan fingerprint density at radius 2 is 2.10 bits per heavy atom. The van der Waals surface area contributed by atoms with Gasteiger partial charge in [-0.05, 0) is 38.8 Å². The number of likely N-dealkylation sites (N-methyl/N-ethyl adjacent to an activating group) is 1. The third-order valence-corrected chi connectivity index (χ3v) is 4.21. The van der Waals surface area contributed by atoms with E-state index in [9.17, 15) is 9.59 Å². The lowest BCUT2D eigenvalue weighted by atomic mass is 9.98. The Labute approximate surface area is 129 Å². The molecular formula is C15H27BN2O3. The summed E-state index contributed by atoms with van der Waals surface area (Å²) in [6, 6.07) is -0.0410. The van der Waals surface area contributed by atoms with Crippen molar-refractivity contribution in [2.75, 3.05) is 27.2 Å². The lowest BCUT2D eigenvalue weighted by molar-refractivity contribution is -0.139. The van der Waals surface area contributed by atoms with Crippen molar-refractivity contribution in [1.29, 1.82) is 0 Å². The zero-order chi connectivity index (χ0) is 15.8. The largest absolute Gasteiger partial charge is 0.543 e. The Hall–Kier alpha value is -1.04. The Balaban J connectivity index is 2.53. The highest BCUT2D eigenvalue weighted by Gasteiger charge is 2.32.